The molecule has 1 aromatic heterocycles. The van der Waals surface area contributed by atoms with Gasteiger partial charge in [-0.15, -0.1) is 0 Å². The zero-order chi connectivity index (χ0) is 8.10. The van der Waals surface area contributed by atoms with Gasteiger partial charge in [0.15, 0.2) is 0 Å². The summed E-state index contributed by atoms with van der Waals surface area (Å²) in [4.78, 5) is 17.2. The average molecular weight is 152 g/mol. The topological polar surface area (TPSA) is 55.0 Å². The molecule has 0 fully saturated rings. The van der Waals surface area contributed by atoms with E-state index in [4.69, 9.17) is 0 Å². The van der Waals surface area contributed by atoms with E-state index >= 15 is 0 Å². The molecule has 0 atom stereocenters. The van der Waals surface area contributed by atoms with Gasteiger partial charge >= 0.3 is 5.97 Å². The molecule has 0 aliphatic rings. The normalized spacial score (nSPS) is 10.3. The van der Waals surface area contributed by atoms with E-state index in [0.29, 0.717) is 5.82 Å². The molecule has 4 nitrogen and oxygen atoms in total. The second kappa shape index (κ2) is 3.55. The van der Waals surface area contributed by atoms with Crippen LogP contribution >= 0.6 is 0 Å². The molecule has 11 heavy (non-hydrogen) atoms. The van der Waals surface area contributed by atoms with Gasteiger partial charge in [-0.25, -0.2) is 9.78 Å². The summed E-state index contributed by atoms with van der Waals surface area (Å²) < 4.78 is 4.38. The number of ether oxygens (including phenoxy) is 1. The van der Waals surface area contributed by atoms with Gasteiger partial charge in [0, 0.05) is 18.5 Å². The van der Waals surface area contributed by atoms with Crippen molar-refractivity contribution in [3.8, 4) is 0 Å². The number of aromatic amines is 1. The number of hydrogen-bond donors (Lipinski definition) is 1. The molecule has 0 unspecified atom stereocenters. The Bertz CT molecular complexity index is 251. The van der Waals surface area contributed by atoms with Gasteiger partial charge in [-0.05, 0) is 6.08 Å². The third kappa shape index (κ3) is 2.25. The summed E-state index contributed by atoms with van der Waals surface area (Å²) in [7, 11) is 1.33. The lowest BCUT2D eigenvalue weighted by molar-refractivity contribution is -0.134. The quantitative estimate of drug-likeness (QED) is 0.498. The van der Waals surface area contributed by atoms with Gasteiger partial charge in [-0.1, -0.05) is 0 Å². The lowest BCUT2D eigenvalue weighted by Crippen LogP contribution is -1.93. The highest BCUT2D eigenvalue weighted by molar-refractivity contribution is 5.86. The van der Waals surface area contributed by atoms with Crippen LogP contribution in [0.25, 0.3) is 6.08 Å². The third-order valence-corrected chi connectivity index (χ3v) is 1.10. The maximum atomic E-state index is 10.6. The molecule has 58 valence electrons. The molecule has 0 radical (unpaired) electrons. The number of methoxy groups -OCH3 is 1. The molecular formula is C7H8N2O2. The predicted molar refractivity (Wildman–Crippen MR) is 39.6 cm³/mol. The lowest BCUT2D eigenvalue weighted by Gasteiger charge is -1.87. The van der Waals surface area contributed by atoms with Crippen LogP contribution in [0.3, 0.4) is 0 Å². The lowest BCUT2D eigenvalue weighted by atomic mass is 10.5. The van der Waals surface area contributed by atoms with Gasteiger partial charge in [-0.3, -0.25) is 0 Å². The summed E-state index contributed by atoms with van der Waals surface area (Å²) in [5.74, 6) is 0.247. The number of H-pyrrole nitrogens is 1. The summed E-state index contributed by atoms with van der Waals surface area (Å²) >= 11 is 0. The molecule has 1 rings (SSSR count). The van der Waals surface area contributed by atoms with Crippen molar-refractivity contribution in [1.82, 2.24) is 9.97 Å². The average Bonchev–Trinajstić information content (AvgIpc) is 2.52. The Balaban J connectivity index is 2.55. The number of nitrogens with zero attached hydrogens (tertiary/aromatic N) is 1. The van der Waals surface area contributed by atoms with Crippen molar-refractivity contribution in [2.45, 2.75) is 0 Å². The number of rotatable bonds is 2. The Morgan fingerprint density at radius 2 is 2.64 bits per heavy atom. The van der Waals surface area contributed by atoms with Crippen LogP contribution in [0.1, 0.15) is 5.82 Å². The van der Waals surface area contributed by atoms with E-state index in [0.717, 1.165) is 0 Å². The molecule has 1 N–H and O–H groups in total. The zero-order valence-electron chi connectivity index (χ0n) is 6.07. The number of carbonyl (C=O) groups excluding carboxylic acids is 1. The van der Waals surface area contributed by atoms with E-state index < -0.39 is 0 Å². The van der Waals surface area contributed by atoms with Crippen LogP contribution in [0.15, 0.2) is 18.5 Å². The number of imidazole rings is 1. The molecule has 0 amide bonds. The Hall–Kier alpha value is -1.58. The molecule has 0 bridgehead atoms. The van der Waals surface area contributed by atoms with Gasteiger partial charge < -0.3 is 9.72 Å². The predicted octanol–water partition coefficient (Wildman–Crippen LogP) is 0.596. The number of aromatic nitrogens is 2. The first-order valence-electron chi connectivity index (χ1n) is 3.08. The molecular weight excluding hydrogens is 144 g/mol. The fourth-order valence-corrected chi connectivity index (χ4v) is 0.584. The first-order valence-corrected chi connectivity index (χ1v) is 3.08. The second-order valence-corrected chi connectivity index (χ2v) is 1.83. The van der Waals surface area contributed by atoms with E-state index in [-0.39, 0.29) is 5.97 Å². The van der Waals surface area contributed by atoms with E-state index in [2.05, 4.69) is 14.7 Å². The van der Waals surface area contributed by atoms with Crippen molar-refractivity contribution >= 4 is 12.0 Å². The van der Waals surface area contributed by atoms with Crippen molar-refractivity contribution in [2.24, 2.45) is 0 Å². The monoisotopic (exact) mass is 152 g/mol. The molecule has 0 aromatic carbocycles. The summed E-state index contributed by atoms with van der Waals surface area (Å²) in [5.41, 5.74) is 0. The number of hydrogen-bond acceptors (Lipinski definition) is 3. The molecule has 1 heterocycles. The number of esters is 1. The van der Waals surface area contributed by atoms with Crippen molar-refractivity contribution in [3.63, 3.8) is 0 Å². The third-order valence-electron chi connectivity index (χ3n) is 1.10. The van der Waals surface area contributed by atoms with Crippen LogP contribution in [-0.2, 0) is 9.53 Å². The minimum Gasteiger partial charge on any atom is -0.466 e. The molecule has 0 aliphatic carbocycles. The van der Waals surface area contributed by atoms with Crippen LogP contribution < -0.4 is 0 Å². The summed E-state index contributed by atoms with van der Waals surface area (Å²) in [6.45, 7) is 0. The highest BCUT2D eigenvalue weighted by Crippen LogP contribution is 1.91. The van der Waals surface area contributed by atoms with E-state index in [1.54, 1.807) is 18.5 Å². The van der Waals surface area contributed by atoms with Crippen LogP contribution in [-0.4, -0.2) is 23.0 Å². The Morgan fingerprint density at radius 1 is 1.82 bits per heavy atom. The van der Waals surface area contributed by atoms with Gasteiger partial charge in [0.25, 0.3) is 0 Å². The van der Waals surface area contributed by atoms with E-state index in [1.807, 2.05) is 0 Å². The molecule has 0 spiro atoms. The number of carbonyl (C=O) groups is 1. The Kier molecular flexibility index (Phi) is 2.43. The second-order valence-electron chi connectivity index (χ2n) is 1.83. The summed E-state index contributed by atoms with van der Waals surface area (Å²) in [5, 5.41) is 0. The first-order chi connectivity index (χ1) is 5.33. The smallest absolute Gasteiger partial charge is 0.330 e. The Labute approximate surface area is 63.9 Å². The molecule has 0 saturated heterocycles. The largest absolute Gasteiger partial charge is 0.466 e. The van der Waals surface area contributed by atoms with Crippen molar-refractivity contribution in [3.05, 3.63) is 24.3 Å². The maximum absolute atomic E-state index is 10.6. The molecule has 0 aliphatic heterocycles. The SMILES string of the molecule is COC(=O)/C=C/c1ncc[nH]1. The highest BCUT2D eigenvalue weighted by atomic mass is 16.5. The van der Waals surface area contributed by atoms with Crippen LogP contribution in [0, 0.1) is 0 Å². The van der Waals surface area contributed by atoms with Gasteiger partial charge in [0.05, 0.1) is 7.11 Å². The minimum absolute atomic E-state index is 0.388. The zero-order valence-corrected chi connectivity index (χ0v) is 6.07. The van der Waals surface area contributed by atoms with Crippen molar-refractivity contribution in [2.75, 3.05) is 7.11 Å². The Morgan fingerprint density at radius 3 is 3.18 bits per heavy atom. The summed E-state index contributed by atoms with van der Waals surface area (Å²) in [6, 6.07) is 0. The van der Waals surface area contributed by atoms with Crippen molar-refractivity contribution < 1.29 is 9.53 Å². The highest BCUT2D eigenvalue weighted by Gasteiger charge is 1.91. The van der Waals surface area contributed by atoms with Crippen molar-refractivity contribution in [1.29, 1.82) is 0 Å². The molecule has 1 aromatic rings. The van der Waals surface area contributed by atoms with Crippen LogP contribution in [0.5, 0.6) is 0 Å². The maximum Gasteiger partial charge on any atom is 0.330 e. The van der Waals surface area contributed by atoms with Gasteiger partial charge in [0.2, 0.25) is 0 Å². The standard InChI is InChI=1S/C7H8N2O2/c1-11-7(10)3-2-6-8-4-5-9-6/h2-5H,1H3,(H,8,9)/b3-2+. The van der Waals surface area contributed by atoms with Gasteiger partial charge in [0.1, 0.15) is 5.82 Å². The van der Waals surface area contributed by atoms with Crippen LogP contribution in [0.4, 0.5) is 0 Å². The van der Waals surface area contributed by atoms with E-state index in [1.165, 1.54) is 13.2 Å². The minimum atomic E-state index is -0.388. The molecule has 4 heteroatoms. The fourth-order valence-electron chi connectivity index (χ4n) is 0.584. The van der Waals surface area contributed by atoms with Crippen LogP contribution in [0.2, 0.25) is 0 Å². The first kappa shape index (κ1) is 7.53. The number of nitrogens with one attached hydrogen (secondary N) is 1. The van der Waals surface area contributed by atoms with E-state index in [9.17, 15) is 4.79 Å². The summed E-state index contributed by atoms with van der Waals surface area (Å²) in [6.07, 6.45) is 6.14. The van der Waals surface area contributed by atoms with Gasteiger partial charge in [-0.2, -0.15) is 0 Å². The fraction of sp³-hybridized carbons (Fsp3) is 0.143. The molecule has 0 saturated carbocycles.